The minimum Gasteiger partial charge on any atom is -0.332 e. The largest absolute Gasteiger partial charge is 0.391 e. The first-order chi connectivity index (χ1) is 17.8. The maximum atomic E-state index is 14.3. The van der Waals surface area contributed by atoms with Crippen LogP contribution in [0.3, 0.4) is 0 Å². The number of aromatic nitrogens is 1. The van der Waals surface area contributed by atoms with Gasteiger partial charge in [-0.25, -0.2) is 18.6 Å². The van der Waals surface area contributed by atoms with Gasteiger partial charge in [-0.1, -0.05) is 31.1 Å². The molecule has 3 amide bonds. The zero-order valence-electron chi connectivity index (χ0n) is 21.3. The molecule has 0 unspecified atom stereocenters. The Bertz CT molecular complexity index is 976. The predicted octanol–water partition coefficient (Wildman–Crippen LogP) is 4.21. The number of urea groups is 1. The Labute approximate surface area is 222 Å². The van der Waals surface area contributed by atoms with Gasteiger partial charge in [-0.2, -0.15) is 13.2 Å². The summed E-state index contributed by atoms with van der Waals surface area (Å²) in [6, 6.07) is -2.26. The van der Waals surface area contributed by atoms with Crippen molar-refractivity contribution >= 4 is 28.4 Å². The standard InChI is InChI=1S/C24H35F5N6O2S/c1-14-2-4-15(5-3-14)19(30)20(36)33-21-31-10-18(38-21)17(35-13-23(25,26)12-32-22(35)37)11-34-8-6-16(7-9-34)24(27,28)29/h10,14-17,19H,2-9,11-13,30H2,1H3,(H,32,37)(H,31,33,36)/t14?,15?,17-,19+/m1/s1. The van der Waals surface area contributed by atoms with Gasteiger partial charge in [0.1, 0.15) is 0 Å². The molecule has 0 spiro atoms. The van der Waals surface area contributed by atoms with Crippen LogP contribution in [0.2, 0.25) is 0 Å². The fourth-order valence-electron chi connectivity index (χ4n) is 5.51. The van der Waals surface area contributed by atoms with Crippen LogP contribution in [0.1, 0.15) is 56.4 Å². The summed E-state index contributed by atoms with van der Waals surface area (Å²) in [5, 5.41) is 5.15. The molecule has 4 N–H and O–H groups in total. The summed E-state index contributed by atoms with van der Waals surface area (Å²) in [6.07, 6.45) is 0.702. The van der Waals surface area contributed by atoms with Gasteiger partial charge in [0.25, 0.3) is 5.92 Å². The SMILES string of the molecule is CC1CCC([C@H](N)C(=O)Nc2ncc([C@@H](CN3CCC(C(F)(F)F)CC3)N3CC(F)(F)CNC3=O)s2)CC1. The number of likely N-dealkylation sites (tertiary alicyclic amines) is 1. The highest BCUT2D eigenvalue weighted by Crippen LogP contribution is 2.37. The number of nitrogens with zero attached hydrogens (tertiary/aromatic N) is 3. The molecule has 0 radical (unpaired) electrons. The molecular weight excluding hydrogens is 531 g/mol. The Morgan fingerprint density at radius 3 is 2.53 bits per heavy atom. The summed E-state index contributed by atoms with van der Waals surface area (Å²) >= 11 is 1.05. The smallest absolute Gasteiger partial charge is 0.332 e. The summed E-state index contributed by atoms with van der Waals surface area (Å²) < 4.78 is 67.8. The molecule has 1 aromatic heterocycles. The van der Waals surface area contributed by atoms with Crippen molar-refractivity contribution in [1.29, 1.82) is 0 Å². The number of halogens is 5. The van der Waals surface area contributed by atoms with Crippen LogP contribution in [0.5, 0.6) is 0 Å². The summed E-state index contributed by atoms with van der Waals surface area (Å²) in [7, 11) is 0. The Morgan fingerprint density at radius 2 is 1.89 bits per heavy atom. The molecule has 2 atom stereocenters. The second-order valence-corrected chi connectivity index (χ2v) is 11.9. The van der Waals surface area contributed by atoms with Crippen molar-refractivity contribution in [2.75, 3.05) is 38.0 Å². The number of carbonyl (C=O) groups excluding carboxylic acids is 2. The van der Waals surface area contributed by atoms with E-state index in [-0.39, 0.29) is 49.4 Å². The van der Waals surface area contributed by atoms with Gasteiger partial charge in [0.15, 0.2) is 5.13 Å². The fourth-order valence-corrected chi connectivity index (χ4v) is 6.43. The summed E-state index contributed by atoms with van der Waals surface area (Å²) in [4.78, 5) is 32.8. The maximum Gasteiger partial charge on any atom is 0.391 e. The van der Waals surface area contributed by atoms with Gasteiger partial charge in [-0.3, -0.25) is 4.79 Å². The van der Waals surface area contributed by atoms with Crippen molar-refractivity contribution in [3.05, 3.63) is 11.1 Å². The highest BCUT2D eigenvalue weighted by atomic mass is 32.1. The minimum atomic E-state index is -4.28. The van der Waals surface area contributed by atoms with E-state index in [2.05, 4.69) is 22.5 Å². The second-order valence-electron chi connectivity index (χ2n) is 10.9. The number of alkyl halides is 5. The second kappa shape index (κ2) is 11.6. The lowest BCUT2D eigenvalue weighted by molar-refractivity contribution is -0.185. The van der Waals surface area contributed by atoms with Crippen LogP contribution < -0.4 is 16.4 Å². The van der Waals surface area contributed by atoms with Crippen LogP contribution in [0, 0.1) is 17.8 Å². The third kappa shape index (κ3) is 7.12. The van der Waals surface area contributed by atoms with E-state index in [1.807, 2.05) is 0 Å². The average Bonchev–Trinajstić information content (AvgIpc) is 3.32. The zero-order valence-corrected chi connectivity index (χ0v) is 22.1. The van der Waals surface area contributed by atoms with Crippen molar-refractivity contribution in [2.45, 2.75) is 69.6 Å². The fraction of sp³-hybridized carbons (Fsp3) is 0.792. The summed E-state index contributed by atoms with van der Waals surface area (Å²) in [5.74, 6) is -4.27. The normalized spacial score (nSPS) is 27.0. The Balaban J connectivity index is 1.46. The topological polar surface area (TPSA) is 104 Å². The highest BCUT2D eigenvalue weighted by molar-refractivity contribution is 7.15. The van der Waals surface area contributed by atoms with Crippen molar-refractivity contribution in [1.82, 2.24) is 20.1 Å². The Morgan fingerprint density at radius 1 is 1.24 bits per heavy atom. The molecule has 2 aliphatic heterocycles. The molecule has 4 rings (SSSR count). The molecular formula is C24H35F5N6O2S. The zero-order chi connectivity index (χ0) is 27.7. The van der Waals surface area contributed by atoms with E-state index in [1.54, 1.807) is 4.90 Å². The first-order valence-electron chi connectivity index (χ1n) is 13.1. The molecule has 1 aliphatic carbocycles. The van der Waals surface area contributed by atoms with Crippen molar-refractivity contribution in [3.63, 3.8) is 0 Å². The number of anilines is 1. The molecule has 2 saturated heterocycles. The van der Waals surface area contributed by atoms with Crippen molar-refractivity contribution < 1.29 is 31.5 Å². The van der Waals surface area contributed by atoms with Crippen LogP contribution in [-0.4, -0.2) is 77.6 Å². The minimum absolute atomic E-state index is 0.0669. The predicted molar refractivity (Wildman–Crippen MR) is 133 cm³/mol. The summed E-state index contributed by atoms with van der Waals surface area (Å²) in [5.41, 5.74) is 6.22. The van der Waals surface area contributed by atoms with Gasteiger partial charge in [-0.05, 0) is 50.6 Å². The molecule has 0 bridgehead atoms. The average molecular weight is 567 g/mol. The molecule has 1 aromatic rings. The molecule has 214 valence electrons. The molecule has 3 heterocycles. The van der Waals surface area contributed by atoms with Gasteiger partial charge in [0, 0.05) is 12.7 Å². The highest BCUT2D eigenvalue weighted by Gasteiger charge is 2.45. The van der Waals surface area contributed by atoms with Crippen molar-refractivity contribution in [2.24, 2.45) is 23.5 Å². The van der Waals surface area contributed by atoms with E-state index in [1.165, 1.54) is 6.20 Å². The van der Waals surface area contributed by atoms with Gasteiger partial charge in [0.05, 0.1) is 36.0 Å². The first-order valence-corrected chi connectivity index (χ1v) is 13.9. The number of rotatable bonds is 7. The number of thiazole rings is 1. The van der Waals surface area contributed by atoms with E-state index in [0.29, 0.717) is 10.8 Å². The van der Waals surface area contributed by atoms with Crippen LogP contribution in [0.15, 0.2) is 6.20 Å². The van der Waals surface area contributed by atoms with Gasteiger partial charge >= 0.3 is 12.2 Å². The number of piperidine rings is 1. The van der Waals surface area contributed by atoms with Crippen molar-refractivity contribution in [3.8, 4) is 0 Å². The third-order valence-electron chi connectivity index (χ3n) is 7.97. The molecule has 3 fully saturated rings. The van der Waals surface area contributed by atoms with Gasteiger partial charge in [0.2, 0.25) is 5.91 Å². The van der Waals surface area contributed by atoms with E-state index >= 15 is 0 Å². The van der Waals surface area contributed by atoms with E-state index in [0.717, 1.165) is 41.9 Å². The molecule has 38 heavy (non-hydrogen) atoms. The monoisotopic (exact) mass is 566 g/mol. The van der Waals surface area contributed by atoms with Gasteiger partial charge < -0.3 is 26.2 Å². The lowest BCUT2D eigenvalue weighted by Crippen LogP contribution is -2.59. The number of nitrogens with one attached hydrogen (secondary N) is 2. The van der Waals surface area contributed by atoms with Crippen LogP contribution in [0.25, 0.3) is 0 Å². The van der Waals surface area contributed by atoms with Crippen LogP contribution in [0.4, 0.5) is 31.9 Å². The van der Waals surface area contributed by atoms with Crippen LogP contribution >= 0.6 is 11.3 Å². The number of nitrogens with two attached hydrogens (primary N) is 1. The first kappa shape index (κ1) is 28.9. The molecule has 8 nitrogen and oxygen atoms in total. The molecule has 14 heteroatoms. The maximum absolute atomic E-state index is 14.3. The Hall–Kier alpha value is -2.06. The lowest BCUT2D eigenvalue weighted by Gasteiger charge is -2.41. The van der Waals surface area contributed by atoms with Gasteiger partial charge in [-0.15, -0.1) is 0 Å². The number of hydrogen-bond acceptors (Lipinski definition) is 6. The summed E-state index contributed by atoms with van der Waals surface area (Å²) in [6.45, 7) is 0.893. The Kier molecular flexibility index (Phi) is 8.82. The third-order valence-corrected chi connectivity index (χ3v) is 8.99. The van der Waals surface area contributed by atoms with E-state index < -0.39 is 49.2 Å². The molecule has 0 aromatic carbocycles. The number of amides is 3. The van der Waals surface area contributed by atoms with E-state index in [9.17, 15) is 31.5 Å². The quantitative estimate of drug-likeness (QED) is 0.429. The van der Waals surface area contributed by atoms with Crippen LogP contribution in [-0.2, 0) is 4.79 Å². The lowest BCUT2D eigenvalue weighted by atomic mass is 9.79. The molecule has 3 aliphatic rings. The van der Waals surface area contributed by atoms with E-state index in [4.69, 9.17) is 5.73 Å². The molecule has 1 saturated carbocycles. The number of carbonyl (C=O) groups is 2. The number of hydrogen-bond donors (Lipinski definition) is 3.